The van der Waals surface area contributed by atoms with Crippen molar-refractivity contribution < 1.29 is 13.2 Å². The zero-order chi connectivity index (χ0) is 16.8. The van der Waals surface area contributed by atoms with E-state index in [0.717, 1.165) is 29.0 Å². The number of halogens is 1. The van der Waals surface area contributed by atoms with Gasteiger partial charge in [-0.1, -0.05) is 37.1 Å². The summed E-state index contributed by atoms with van der Waals surface area (Å²) in [5, 5.41) is 3.40. The van der Waals surface area contributed by atoms with Gasteiger partial charge in [0.15, 0.2) is 0 Å². The van der Waals surface area contributed by atoms with Crippen LogP contribution in [0.15, 0.2) is 24.3 Å². The summed E-state index contributed by atoms with van der Waals surface area (Å²) in [6.07, 6.45) is 2.93. The van der Waals surface area contributed by atoms with Gasteiger partial charge < -0.3 is 5.32 Å². The molecule has 1 aromatic carbocycles. The Labute approximate surface area is 137 Å². The predicted octanol–water partition coefficient (Wildman–Crippen LogP) is 2.41. The third-order valence-corrected chi connectivity index (χ3v) is 4.64. The fourth-order valence-corrected chi connectivity index (χ4v) is 2.93. The Bertz CT molecular complexity index is 587. The van der Waals surface area contributed by atoms with Gasteiger partial charge in [0.25, 0.3) is 0 Å². The fraction of sp³-hybridized carbons (Fsp3) is 0.533. The zero-order valence-corrected chi connectivity index (χ0v) is 14.7. The number of nitrogens with one attached hydrogen (secondary N) is 1. The second-order valence-corrected chi connectivity index (χ2v) is 7.83. The Morgan fingerprint density at radius 2 is 1.91 bits per heavy atom. The van der Waals surface area contributed by atoms with E-state index in [4.69, 9.17) is 11.6 Å². The van der Waals surface area contributed by atoms with E-state index in [1.165, 1.54) is 0 Å². The molecule has 1 aromatic rings. The topological polar surface area (TPSA) is 66.5 Å². The fourth-order valence-electron chi connectivity index (χ4n) is 2.07. The minimum Gasteiger partial charge on any atom is -0.353 e. The van der Waals surface area contributed by atoms with E-state index in [9.17, 15) is 13.2 Å². The molecule has 1 rings (SSSR count). The first-order chi connectivity index (χ1) is 10.2. The highest BCUT2D eigenvalue weighted by Crippen LogP contribution is 2.13. The highest BCUT2D eigenvalue weighted by atomic mass is 35.5. The smallest absolute Gasteiger partial charge is 0.235 e. The molecule has 0 unspecified atom stereocenters. The normalized spacial score (nSPS) is 13.1. The molecule has 0 saturated heterocycles. The number of nitrogens with zero attached hydrogens (tertiary/aromatic N) is 1. The number of sulfonamides is 1. The maximum Gasteiger partial charge on any atom is 0.235 e. The number of rotatable bonds is 8. The van der Waals surface area contributed by atoms with E-state index in [-0.39, 0.29) is 25.0 Å². The number of benzene rings is 1. The van der Waals surface area contributed by atoms with Crippen LogP contribution >= 0.6 is 11.6 Å². The quantitative estimate of drug-likeness (QED) is 0.786. The Balaban J connectivity index is 2.73. The molecule has 1 atom stereocenters. The van der Waals surface area contributed by atoms with Crippen LogP contribution in [0.25, 0.3) is 0 Å². The number of amides is 1. The molecule has 0 bridgehead atoms. The first-order valence-corrected chi connectivity index (χ1v) is 9.44. The Morgan fingerprint density at radius 3 is 2.41 bits per heavy atom. The molecule has 0 aliphatic carbocycles. The number of hydrogen-bond donors (Lipinski definition) is 1. The molecule has 0 aliphatic heterocycles. The average molecular weight is 347 g/mol. The molecule has 0 aliphatic rings. The van der Waals surface area contributed by atoms with Crippen molar-refractivity contribution >= 4 is 27.5 Å². The van der Waals surface area contributed by atoms with E-state index >= 15 is 0 Å². The van der Waals surface area contributed by atoms with Gasteiger partial charge in [0.1, 0.15) is 0 Å². The van der Waals surface area contributed by atoms with Crippen molar-refractivity contribution in [2.75, 3.05) is 12.8 Å². The van der Waals surface area contributed by atoms with Gasteiger partial charge in [-0.15, -0.1) is 0 Å². The lowest BCUT2D eigenvalue weighted by molar-refractivity contribution is -0.122. The molecule has 7 heteroatoms. The third kappa shape index (κ3) is 6.77. The summed E-state index contributed by atoms with van der Waals surface area (Å²) in [5.41, 5.74) is 0.782. The van der Waals surface area contributed by atoms with Crippen LogP contribution in [-0.2, 0) is 21.4 Å². The molecule has 0 radical (unpaired) electrons. The molecule has 1 N–H and O–H groups in total. The summed E-state index contributed by atoms with van der Waals surface area (Å²) in [6.45, 7) is 3.90. The van der Waals surface area contributed by atoms with Crippen LogP contribution in [-0.4, -0.2) is 37.5 Å². The second-order valence-electron chi connectivity index (χ2n) is 5.41. The van der Waals surface area contributed by atoms with Crippen LogP contribution < -0.4 is 5.32 Å². The van der Waals surface area contributed by atoms with Crippen molar-refractivity contribution in [1.29, 1.82) is 0 Å². The van der Waals surface area contributed by atoms with Crippen molar-refractivity contribution in [2.24, 2.45) is 0 Å². The van der Waals surface area contributed by atoms with E-state index in [2.05, 4.69) is 5.32 Å². The Morgan fingerprint density at radius 1 is 1.32 bits per heavy atom. The van der Waals surface area contributed by atoms with Gasteiger partial charge in [-0.25, -0.2) is 8.42 Å². The molecule has 5 nitrogen and oxygen atoms in total. The average Bonchev–Trinajstić information content (AvgIpc) is 2.39. The van der Waals surface area contributed by atoms with Gasteiger partial charge in [-0.2, -0.15) is 4.31 Å². The molecular weight excluding hydrogens is 324 g/mol. The second kappa shape index (κ2) is 8.50. The first-order valence-electron chi connectivity index (χ1n) is 7.21. The van der Waals surface area contributed by atoms with E-state index in [1.807, 2.05) is 13.8 Å². The van der Waals surface area contributed by atoms with Crippen molar-refractivity contribution in [1.82, 2.24) is 9.62 Å². The molecule has 0 fully saturated rings. The van der Waals surface area contributed by atoms with Crippen LogP contribution in [0, 0.1) is 0 Å². The highest BCUT2D eigenvalue weighted by molar-refractivity contribution is 7.88. The molecule has 0 spiro atoms. The monoisotopic (exact) mass is 346 g/mol. The van der Waals surface area contributed by atoms with E-state index < -0.39 is 10.0 Å². The molecule has 0 aromatic heterocycles. The third-order valence-electron chi connectivity index (χ3n) is 3.19. The van der Waals surface area contributed by atoms with Crippen LogP contribution in [0.3, 0.4) is 0 Å². The molecule has 1 amide bonds. The maximum absolute atomic E-state index is 12.0. The van der Waals surface area contributed by atoms with Crippen molar-refractivity contribution in [3.63, 3.8) is 0 Å². The van der Waals surface area contributed by atoms with Crippen LogP contribution in [0.2, 0.25) is 5.02 Å². The lowest BCUT2D eigenvalue weighted by Crippen LogP contribution is -2.42. The molecule has 0 saturated carbocycles. The largest absolute Gasteiger partial charge is 0.353 e. The SMILES string of the molecule is CCC[C@H](C)NC(=O)CN(Cc1ccc(Cl)cc1)S(C)(=O)=O. The van der Waals surface area contributed by atoms with Gasteiger partial charge in [-0.05, 0) is 31.0 Å². The minimum atomic E-state index is -3.48. The van der Waals surface area contributed by atoms with Gasteiger partial charge in [0.05, 0.1) is 12.8 Å². The molecule has 124 valence electrons. The standard InChI is InChI=1S/C15H23ClN2O3S/c1-4-5-12(2)17-15(19)11-18(22(3,20)21)10-13-6-8-14(16)9-7-13/h6-9,12H,4-5,10-11H2,1-3H3,(H,17,19)/t12-/m0/s1. The molecule has 22 heavy (non-hydrogen) atoms. The number of carbonyl (C=O) groups is 1. The van der Waals surface area contributed by atoms with Gasteiger partial charge >= 0.3 is 0 Å². The van der Waals surface area contributed by atoms with Gasteiger partial charge in [0.2, 0.25) is 15.9 Å². The summed E-state index contributed by atoms with van der Waals surface area (Å²) in [7, 11) is -3.48. The molecule has 0 heterocycles. The Kier molecular flexibility index (Phi) is 7.32. The summed E-state index contributed by atoms with van der Waals surface area (Å²) in [5.74, 6) is -0.291. The predicted molar refractivity (Wildman–Crippen MR) is 89.2 cm³/mol. The highest BCUT2D eigenvalue weighted by Gasteiger charge is 2.21. The van der Waals surface area contributed by atoms with Crippen LogP contribution in [0.5, 0.6) is 0 Å². The summed E-state index contributed by atoms with van der Waals surface area (Å²) >= 11 is 5.81. The van der Waals surface area contributed by atoms with Gasteiger partial charge in [0, 0.05) is 17.6 Å². The lowest BCUT2D eigenvalue weighted by Gasteiger charge is -2.21. The van der Waals surface area contributed by atoms with E-state index in [0.29, 0.717) is 5.02 Å². The first kappa shape index (κ1) is 18.9. The lowest BCUT2D eigenvalue weighted by atomic mass is 10.2. The van der Waals surface area contributed by atoms with Crippen molar-refractivity contribution in [3.05, 3.63) is 34.9 Å². The van der Waals surface area contributed by atoms with Crippen LogP contribution in [0.4, 0.5) is 0 Å². The summed E-state index contributed by atoms with van der Waals surface area (Å²) in [6, 6.07) is 6.92. The number of hydrogen-bond acceptors (Lipinski definition) is 3. The zero-order valence-electron chi connectivity index (χ0n) is 13.2. The maximum atomic E-state index is 12.0. The van der Waals surface area contributed by atoms with Crippen molar-refractivity contribution in [3.8, 4) is 0 Å². The van der Waals surface area contributed by atoms with E-state index in [1.54, 1.807) is 24.3 Å². The van der Waals surface area contributed by atoms with Crippen LogP contribution in [0.1, 0.15) is 32.3 Å². The van der Waals surface area contributed by atoms with Gasteiger partial charge in [-0.3, -0.25) is 4.79 Å². The minimum absolute atomic E-state index is 0.0365. The Hall–Kier alpha value is -1.11. The van der Waals surface area contributed by atoms with Crippen molar-refractivity contribution in [2.45, 2.75) is 39.3 Å². The number of carbonyl (C=O) groups excluding carboxylic acids is 1. The molecular formula is C15H23ClN2O3S. The summed E-state index contributed by atoms with van der Waals surface area (Å²) in [4.78, 5) is 12.0. The summed E-state index contributed by atoms with van der Waals surface area (Å²) < 4.78 is 24.9.